The van der Waals surface area contributed by atoms with Crippen LogP contribution in [-0.2, 0) is 16.4 Å². The molecule has 1 unspecified atom stereocenters. The summed E-state index contributed by atoms with van der Waals surface area (Å²) < 4.78 is 29.5. The minimum Gasteiger partial charge on any atom is -0.385 e. The van der Waals surface area contributed by atoms with Gasteiger partial charge in [0.15, 0.2) is 0 Å². The van der Waals surface area contributed by atoms with Crippen LogP contribution in [0.2, 0.25) is 0 Å². The minimum atomic E-state index is -3.84. The van der Waals surface area contributed by atoms with Gasteiger partial charge in [-0.3, -0.25) is 13.7 Å². The number of anilines is 1. The fraction of sp³-hybridized carbons (Fsp3) is 0.167. The van der Waals surface area contributed by atoms with Gasteiger partial charge in [0.05, 0.1) is 21.6 Å². The zero-order valence-electron chi connectivity index (χ0n) is 17.3. The summed E-state index contributed by atoms with van der Waals surface area (Å²) in [4.78, 5) is 17.9. The average Bonchev–Trinajstić information content (AvgIpc) is 3.41. The predicted octanol–water partition coefficient (Wildman–Crippen LogP) is 3.53. The lowest BCUT2D eigenvalue weighted by Gasteiger charge is -2.20. The van der Waals surface area contributed by atoms with Crippen molar-refractivity contribution >= 4 is 32.7 Å². The maximum atomic E-state index is 13.4. The van der Waals surface area contributed by atoms with Crippen LogP contribution in [0.4, 0.5) is 5.69 Å². The summed E-state index contributed by atoms with van der Waals surface area (Å²) in [6.07, 6.45) is -0.327. The van der Waals surface area contributed by atoms with Crippen LogP contribution >= 0.6 is 0 Å². The van der Waals surface area contributed by atoms with Crippen molar-refractivity contribution in [3.8, 4) is 0 Å². The highest BCUT2D eigenvalue weighted by Crippen LogP contribution is 2.33. The molecule has 1 aromatic heterocycles. The number of benzene rings is 3. The number of hydrogen-bond acceptors (Lipinski definition) is 5. The standard InChI is InChI=1S/C24H21N3O4S/c1-16(28)23-25-20-10-3-5-12-22(20)27(23)24(29)18-8-6-9-19(15-18)32(30,31)26-14-13-17-7-2-4-11-21(17)26/h2-12,15-16,28H,13-14H2,1H3. The molecular weight excluding hydrogens is 426 g/mol. The van der Waals surface area contributed by atoms with Crippen molar-refractivity contribution in [1.82, 2.24) is 9.55 Å². The predicted molar refractivity (Wildman–Crippen MR) is 121 cm³/mol. The molecule has 162 valence electrons. The van der Waals surface area contributed by atoms with Crippen molar-refractivity contribution in [1.29, 1.82) is 0 Å². The van der Waals surface area contributed by atoms with Crippen molar-refractivity contribution < 1.29 is 18.3 Å². The molecule has 8 heteroatoms. The van der Waals surface area contributed by atoms with Crippen LogP contribution < -0.4 is 4.31 Å². The molecule has 0 radical (unpaired) electrons. The molecule has 0 saturated carbocycles. The van der Waals surface area contributed by atoms with Gasteiger partial charge in [0, 0.05) is 12.1 Å². The molecular formula is C24H21N3O4S. The lowest BCUT2D eigenvalue weighted by Crippen LogP contribution is -2.29. The van der Waals surface area contributed by atoms with E-state index in [4.69, 9.17) is 0 Å². The van der Waals surface area contributed by atoms with Crippen LogP contribution in [0.15, 0.2) is 77.7 Å². The molecule has 0 fully saturated rings. The van der Waals surface area contributed by atoms with Crippen molar-refractivity contribution in [3.63, 3.8) is 0 Å². The Morgan fingerprint density at radius 2 is 1.78 bits per heavy atom. The van der Waals surface area contributed by atoms with Gasteiger partial charge in [0.1, 0.15) is 11.9 Å². The largest absolute Gasteiger partial charge is 0.385 e. The van der Waals surface area contributed by atoms with Gasteiger partial charge < -0.3 is 5.11 Å². The summed E-state index contributed by atoms with van der Waals surface area (Å²) in [5.41, 5.74) is 2.98. The van der Waals surface area contributed by atoms with Crippen molar-refractivity contribution in [2.75, 3.05) is 10.8 Å². The Morgan fingerprint density at radius 3 is 2.59 bits per heavy atom. The third-order valence-electron chi connectivity index (χ3n) is 5.68. The summed E-state index contributed by atoms with van der Waals surface area (Å²) in [5.74, 6) is -0.244. The Balaban J connectivity index is 1.58. The van der Waals surface area contributed by atoms with Crippen molar-refractivity contribution in [2.24, 2.45) is 0 Å². The molecule has 1 atom stereocenters. The third-order valence-corrected chi connectivity index (χ3v) is 7.49. The van der Waals surface area contributed by atoms with E-state index in [1.165, 1.54) is 27.9 Å². The molecule has 7 nitrogen and oxygen atoms in total. The first-order chi connectivity index (χ1) is 15.4. The molecule has 0 bridgehead atoms. The Kier molecular flexibility index (Phi) is 4.83. The summed E-state index contributed by atoms with van der Waals surface area (Å²) in [7, 11) is -3.84. The van der Waals surface area contributed by atoms with Gasteiger partial charge in [-0.1, -0.05) is 36.4 Å². The van der Waals surface area contributed by atoms with E-state index in [1.54, 1.807) is 42.5 Å². The summed E-state index contributed by atoms with van der Waals surface area (Å²) in [5, 5.41) is 10.2. The second-order valence-electron chi connectivity index (χ2n) is 7.76. The molecule has 0 saturated heterocycles. The first-order valence-corrected chi connectivity index (χ1v) is 11.7. The molecule has 5 rings (SSSR count). The minimum absolute atomic E-state index is 0.0445. The van der Waals surface area contributed by atoms with Crippen LogP contribution in [0, 0.1) is 0 Å². The number of carbonyl (C=O) groups excluding carboxylic acids is 1. The van der Waals surface area contributed by atoms with E-state index in [0.717, 1.165) is 5.56 Å². The fourth-order valence-corrected chi connectivity index (χ4v) is 5.69. The topological polar surface area (TPSA) is 92.5 Å². The van der Waals surface area contributed by atoms with Gasteiger partial charge in [-0.15, -0.1) is 0 Å². The van der Waals surface area contributed by atoms with E-state index >= 15 is 0 Å². The molecule has 0 amide bonds. The highest BCUT2D eigenvalue weighted by Gasteiger charge is 2.31. The number of aliphatic hydroxyl groups is 1. The zero-order valence-corrected chi connectivity index (χ0v) is 18.2. The monoisotopic (exact) mass is 447 g/mol. The van der Waals surface area contributed by atoms with Gasteiger partial charge in [0.2, 0.25) is 0 Å². The fourth-order valence-electron chi connectivity index (χ4n) is 4.14. The molecule has 1 aliphatic rings. The summed E-state index contributed by atoms with van der Waals surface area (Å²) in [6.45, 7) is 1.90. The van der Waals surface area contributed by atoms with Crippen LogP contribution in [-0.4, -0.2) is 35.5 Å². The quantitative estimate of drug-likeness (QED) is 0.517. The van der Waals surface area contributed by atoms with Gasteiger partial charge in [-0.2, -0.15) is 0 Å². The highest BCUT2D eigenvalue weighted by atomic mass is 32.2. The maximum absolute atomic E-state index is 13.4. The van der Waals surface area contributed by atoms with Crippen LogP contribution in [0.25, 0.3) is 11.0 Å². The number of para-hydroxylation sites is 3. The second kappa shape index (κ2) is 7.58. The lowest BCUT2D eigenvalue weighted by atomic mass is 10.2. The van der Waals surface area contributed by atoms with E-state index in [9.17, 15) is 18.3 Å². The molecule has 1 aliphatic heterocycles. The van der Waals surface area contributed by atoms with E-state index < -0.39 is 22.0 Å². The Morgan fingerprint density at radius 1 is 1.03 bits per heavy atom. The van der Waals surface area contributed by atoms with E-state index in [2.05, 4.69) is 4.98 Å². The van der Waals surface area contributed by atoms with Crippen molar-refractivity contribution in [2.45, 2.75) is 24.3 Å². The number of aromatic nitrogens is 2. The number of sulfonamides is 1. The van der Waals surface area contributed by atoms with Crippen LogP contribution in [0.5, 0.6) is 0 Å². The molecule has 32 heavy (non-hydrogen) atoms. The lowest BCUT2D eigenvalue weighted by molar-refractivity contribution is 0.0943. The van der Waals surface area contributed by atoms with E-state index in [-0.39, 0.29) is 16.3 Å². The molecule has 3 aromatic carbocycles. The van der Waals surface area contributed by atoms with E-state index in [0.29, 0.717) is 29.7 Å². The van der Waals surface area contributed by atoms with Gasteiger partial charge in [0.25, 0.3) is 15.9 Å². The number of carbonyl (C=O) groups is 1. The third kappa shape index (κ3) is 3.19. The van der Waals surface area contributed by atoms with Crippen molar-refractivity contribution in [3.05, 3.63) is 89.7 Å². The normalized spacial score (nSPS) is 14.5. The molecule has 0 aliphatic carbocycles. The number of nitrogens with zero attached hydrogens (tertiary/aromatic N) is 3. The van der Waals surface area contributed by atoms with Crippen LogP contribution in [0.3, 0.4) is 0 Å². The molecule has 0 spiro atoms. The van der Waals surface area contributed by atoms with Gasteiger partial charge in [-0.25, -0.2) is 13.4 Å². The Hall–Kier alpha value is -3.49. The Bertz CT molecular complexity index is 1460. The SMILES string of the molecule is CC(O)c1nc2ccccc2n1C(=O)c1cccc(S(=O)(=O)N2CCc3ccccc32)c1. The number of imidazole rings is 1. The van der Waals surface area contributed by atoms with E-state index in [1.807, 2.05) is 18.2 Å². The van der Waals surface area contributed by atoms with Crippen LogP contribution in [0.1, 0.15) is 34.8 Å². The molecule has 2 heterocycles. The van der Waals surface area contributed by atoms with Gasteiger partial charge >= 0.3 is 0 Å². The number of rotatable bonds is 4. The number of fused-ring (bicyclic) bond motifs is 2. The number of hydrogen-bond donors (Lipinski definition) is 1. The van der Waals surface area contributed by atoms with Gasteiger partial charge in [-0.05, 0) is 55.3 Å². The highest BCUT2D eigenvalue weighted by molar-refractivity contribution is 7.92. The Labute approximate surface area is 185 Å². The molecule has 4 aromatic rings. The summed E-state index contributed by atoms with van der Waals surface area (Å²) in [6, 6.07) is 20.5. The maximum Gasteiger partial charge on any atom is 0.264 e. The second-order valence-corrected chi connectivity index (χ2v) is 9.62. The average molecular weight is 448 g/mol. The smallest absolute Gasteiger partial charge is 0.264 e. The number of aliphatic hydroxyl groups excluding tert-OH is 1. The first-order valence-electron chi connectivity index (χ1n) is 10.3. The molecule has 1 N–H and O–H groups in total. The zero-order chi connectivity index (χ0) is 22.5. The first kappa shape index (κ1) is 20.4. The summed E-state index contributed by atoms with van der Waals surface area (Å²) >= 11 is 0.